The number of terminal acetylenes is 1. The molecule has 1 rings (SSSR count). The molecule has 0 atom stereocenters. The number of hydrogen-bond donors (Lipinski definition) is 0. The van der Waals surface area contributed by atoms with Crippen molar-refractivity contribution in [3.8, 4) is 12.3 Å². The van der Waals surface area contributed by atoms with E-state index >= 15 is 0 Å². The van der Waals surface area contributed by atoms with Crippen molar-refractivity contribution in [2.75, 3.05) is 0 Å². The van der Waals surface area contributed by atoms with E-state index in [2.05, 4.69) is 10.9 Å². The average Bonchev–Trinajstić information content (AvgIpc) is 2.32. The van der Waals surface area contributed by atoms with Gasteiger partial charge in [-0.2, -0.15) is 0 Å². The molecule has 11 heavy (non-hydrogen) atoms. The number of oxazole rings is 1. The molecule has 0 spiro atoms. The van der Waals surface area contributed by atoms with Crippen LogP contribution >= 0.6 is 0 Å². The van der Waals surface area contributed by atoms with Gasteiger partial charge in [-0.25, -0.2) is 4.98 Å². The summed E-state index contributed by atoms with van der Waals surface area (Å²) in [4.78, 5) is 4.05. The fraction of sp³-hybridized carbons (Fsp3) is 0.444. The van der Waals surface area contributed by atoms with Crippen LogP contribution in [-0.2, 0) is 5.41 Å². The highest BCUT2D eigenvalue weighted by atomic mass is 16.4. The molecule has 0 saturated heterocycles. The molecule has 0 saturated carbocycles. The second-order valence-corrected chi connectivity index (χ2v) is 3.42. The molecule has 58 valence electrons. The quantitative estimate of drug-likeness (QED) is 0.527. The van der Waals surface area contributed by atoms with Crippen molar-refractivity contribution in [1.29, 1.82) is 0 Å². The number of aromatic nitrogens is 1. The zero-order chi connectivity index (χ0) is 8.48. The summed E-state index contributed by atoms with van der Waals surface area (Å²) in [5.41, 5.74) is -0.0604. The first kappa shape index (κ1) is 7.87. The third-order valence-electron chi connectivity index (χ3n) is 1.29. The number of hydrogen-bond acceptors (Lipinski definition) is 2. The van der Waals surface area contributed by atoms with Crippen LogP contribution in [0.15, 0.2) is 10.6 Å². The highest BCUT2D eigenvalue weighted by Gasteiger charge is 2.19. The maximum Gasteiger partial charge on any atom is 0.201 e. The predicted molar refractivity (Wildman–Crippen MR) is 43.1 cm³/mol. The lowest BCUT2D eigenvalue weighted by molar-refractivity contribution is 0.388. The van der Waals surface area contributed by atoms with Gasteiger partial charge < -0.3 is 4.42 Å². The summed E-state index contributed by atoms with van der Waals surface area (Å²) in [6, 6.07) is 0. The van der Waals surface area contributed by atoms with Gasteiger partial charge in [0.1, 0.15) is 0 Å². The Balaban J connectivity index is 3.01. The van der Waals surface area contributed by atoms with E-state index in [1.807, 2.05) is 20.8 Å². The van der Waals surface area contributed by atoms with Gasteiger partial charge in [0.15, 0.2) is 5.76 Å². The second-order valence-electron chi connectivity index (χ2n) is 3.42. The van der Waals surface area contributed by atoms with Crippen LogP contribution in [0.3, 0.4) is 0 Å². The van der Waals surface area contributed by atoms with Crippen LogP contribution in [0.5, 0.6) is 0 Å². The van der Waals surface area contributed by atoms with Crippen molar-refractivity contribution in [3.05, 3.63) is 17.8 Å². The van der Waals surface area contributed by atoms with Gasteiger partial charge in [-0.15, -0.1) is 6.42 Å². The minimum Gasteiger partial charge on any atom is -0.432 e. The maximum atomic E-state index is 5.25. The summed E-state index contributed by atoms with van der Waals surface area (Å²) in [6.45, 7) is 6.08. The zero-order valence-electron chi connectivity index (χ0n) is 7.01. The van der Waals surface area contributed by atoms with Crippen molar-refractivity contribution in [3.63, 3.8) is 0 Å². The lowest BCUT2D eigenvalue weighted by Gasteiger charge is -2.11. The lowest BCUT2D eigenvalue weighted by atomic mass is 9.97. The van der Waals surface area contributed by atoms with E-state index in [1.54, 1.807) is 6.20 Å². The van der Waals surface area contributed by atoms with Gasteiger partial charge in [0.2, 0.25) is 5.89 Å². The van der Waals surface area contributed by atoms with E-state index < -0.39 is 0 Å². The molecular weight excluding hydrogens is 138 g/mol. The molecule has 0 aliphatic rings. The molecule has 2 heteroatoms. The average molecular weight is 149 g/mol. The Morgan fingerprint density at radius 1 is 1.55 bits per heavy atom. The molecule has 0 bridgehead atoms. The topological polar surface area (TPSA) is 26.0 Å². The third kappa shape index (κ3) is 1.62. The molecule has 0 aromatic carbocycles. The summed E-state index contributed by atoms with van der Waals surface area (Å²) in [5.74, 6) is 3.57. The van der Waals surface area contributed by atoms with Gasteiger partial charge >= 0.3 is 0 Å². The first-order chi connectivity index (χ1) is 5.04. The van der Waals surface area contributed by atoms with Gasteiger partial charge in [-0.05, 0) is 5.92 Å². The Kier molecular flexibility index (Phi) is 1.74. The van der Waals surface area contributed by atoms with Crippen LogP contribution in [0, 0.1) is 12.3 Å². The Morgan fingerprint density at radius 2 is 2.18 bits per heavy atom. The minimum absolute atomic E-state index is 0.0604. The van der Waals surface area contributed by atoms with Crippen LogP contribution in [0.1, 0.15) is 32.4 Å². The minimum atomic E-state index is -0.0604. The largest absolute Gasteiger partial charge is 0.432 e. The first-order valence-electron chi connectivity index (χ1n) is 3.47. The Bertz CT molecular complexity index is 285. The molecular formula is C9H11NO. The highest BCUT2D eigenvalue weighted by molar-refractivity contribution is 5.19. The first-order valence-corrected chi connectivity index (χ1v) is 3.47. The SMILES string of the molecule is C#Cc1cnc(C(C)(C)C)o1. The van der Waals surface area contributed by atoms with Gasteiger partial charge in [-0.3, -0.25) is 0 Å². The van der Waals surface area contributed by atoms with E-state index in [0.717, 1.165) is 0 Å². The van der Waals surface area contributed by atoms with E-state index in [1.165, 1.54) is 0 Å². The molecule has 0 radical (unpaired) electrons. The molecule has 2 nitrogen and oxygen atoms in total. The van der Waals surface area contributed by atoms with E-state index in [9.17, 15) is 0 Å². The van der Waals surface area contributed by atoms with Crippen molar-refractivity contribution in [2.24, 2.45) is 0 Å². The van der Waals surface area contributed by atoms with Crippen molar-refractivity contribution < 1.29 is 4.42 Å². The molecule has 0 amide bonds. The summed E-state index contributed by atoms with van der Waals surface area (Å²) >= 11 is 0. The summed E-state index contributed by atoms with van der Waals surface area (Å²) in [6.07, 6.45) is 6.69. The van der Waals surface area contributed by atoms with E-state index in [4.69, 9.17) is 10.8 Å². The van der Waals surface area contributed by atoms with Crippen molar-refractivity contribution >= 4 is 0 Å². The molecule has 1 aromatic heterocycles. The normalized spacial score (nSPS) is 11.1. The molecule has 0 fully saturated rings. The molecule has 0 unspecified atom stereocenters. The predicted octanol–water partition coefficient (Wildman–Crippen LogP) is 1.95. The van der Waals surface area contributed by atoms with Gasteiger partial charge in [0, 0.05) is 5.41 Å². The molecule has 1 aromatic rings. The molecule has 0 N–H and O–H groups in total. The standard InChI is InChI=1S/C9H11NO/c1-5-7-6-10-8(11-7)9(2,3)4/h1,6H,2-4H3. The maximum absolute atomic E-state index is 5.25. The van der Waals surface area contributed by atoms with Crippen LogP contribution in [0.25, 0.3) is 0 Å². The summed E-state index contributed by atoms with van der Waals surface area (Å²) in [7, 11) is 0. The summed E-state index contributed by atoms with van der Waals surface area (Å²) in [5, 5.41) is 0. The third-order valence-corrected chi connectivity index (χ3v) is 1.29. The van der Waals surface area contributed by atoms with E-state index in [0.29, 0.717) is 11.7 Å². The Morgan fingerprint density at radius 3 is 2.45 bits per heavy atom. The van der Waals surface area contributed by atoms with Gasteiger partial charge in [-0.1, -0.05) is 20.8 Å². The Labute approximate surface area is 66.6 Å². The molecule has 0 aliphatic heterocycles. The number of rotatable bonds is 0. The fourth-order valence-electron chi connectivity index (χ4n) is 0.688. The smallest absolute Gasteiger partial charge is 0.201 e. The fourth-order valence-corrected chi connectivity index (χ4v) is 0.688. The van der Waals surface area contributed by atoms with Crippen molar-refractivity contribution in [1.82, 2.24) is 4.98 Å². The van der Waals surface area contributed by atoms with Gasteiger partial charge in [0.25, 0.3) is 0 Å². The van der Waals surface area contributed by atoms with Gasteiger partial charge in [0.05, 0.1) is 6.20 Å². The monoisotopic (exact) mass is 149 g/mol. The summed E-state index contributed by atoms with van der Waals surface area (Å²) < 4.78 is 5.25. The highest BCUT2D eigenvalue weighted by Crippen LogP contribution is 2.20. The molecule has 1 heterocycles. The zero-order valence-corrected chi connectivity index (χ0v) is 7.01. The second kappa shape index (κ2) is 2.43. The van der Waals surface area contributed by atoms with Crippen molar-refractivity contribution in [2.45, 2.75) is 26.2 Å². The van der Waals surface area contributed by atoms with Crippen LogP contribution in [0.2, 0.25) is 0 Å². The van der Waals surface area contributed by atoms with E-state index in [-0.39, 0.29) is 5.41 Å². The number of nitrogens with zero attached hydrogens (tertiary/aromatic N) is 1. The van der Waals surface area contributed by atoms with Crippen LogP contribution in [0.4, 0.5) is 0 Å². The lowest BCUT2D eigenvalue weighted by Crippen LogP contribution is -2.10. The van der Waals surface area contributed by atoms with Crippen LogP contribution < -0.4 is 0 Å². The Hall–Kier alpha value is -1.23. The molecule has 0 aliphatic carbocycles. The van der Waals surface area contributed by atoms with Crippen LogP contribution in [-0.4, -0.2) is 4.98 Å².